The van der Waals surface area contributed by atoms with Crippen LogP contribution in [0.4, 0.5) is 9.18 Å². The zero-order valence-corrected chi connectivity index (χ0v) is 15.3. The Hall–Kier alpha value is -3.29. The average Bonchev–Trinajstić information content (AvgIpc) is 2.71. The number of ketones is 1. The number of pyridine rings is 1. The van der Waals surface area contributed by atoms with E-state index in [-0.39, 0.29) is 56.3 Å². The van der Waals surface area contributed by atoms with E-state index in [2.05, 4.69) is 15.6 Å². The molecule has 0 aliphatic rings. The Kier molecular flexibility index (Phi) is 8.58. The molecule has 8 heteroatoms. The van der Waals surface area contributed by atoms with E-state index in [0.717, 1.165) is 5.56 Å². The summed E-state index contributed by atoms with van der Waals surface area (Å²) in [5.41, 5.74) is 1.01. The van der Waals surface area contributed by atoms with E-state index in [4.69, 9.17) is 4.74 Å². The molecule has 0 fully saturated rings. The molecule has 1 heterocycles. The van der Waals surface area contributed by atoms with Crippen molar-refractivity contribution in [3.05, 3.63) is 65.7 Å². The van der Waals surface area contributed by atoms with Gasteiger partial charge in [0.15, 0.2) is 0 Å². The molecule has 2 aromatic rings. The number of aromatic nitrogens is 1. The van der Waals surface area contributed by atoms with Gasteiger partial charge in [-0.15, -0.1) is 0 Å². The Morgan fingerprint density at radius 3 is 2.50 bits per heavy atom. The summed E-state index contributed by atoms with van der Waals surface area (Å²) in [6, 6.07) is 12.0. The molecule has 0 unspecified atom stereocenters. The normalized spacial score (nSPS) is 10.2. The Morgan fingerprint density at radius 1 is 0.964 bits per heavy atom. The average molecular weight is 387 g/mol. The van der Waals surface area contributed by atoms with Crippen LogP contribution in [-0.4, -0.2) is 29.3 Å². The van der Waals surface area contributed by atoms with Crippen molar-refractivity contribution in [3.63, 3.8) is 0 Å². The van der Waals surface area contributed by atoms with Crippen LogP contribution in [0.2, 0.25) is 0 Å². The fourth-order valence-corrected chi connectivity index (χ4v) is 2.28. The number of halogens is 1. The van der Waals surface area contributed by atoms with Gasteiger partial charge in [0, 0.05) is 32.0 Å². The second-order valence-corrected chi connectivity index (χ2v) is 5.99. The number of nitrogens with one attached hydrogen (secondary N) is 2. The van der Waals surface area contributed by atoms with Crippen molar-refractivity contribution in [3.8, 4) is 0 Å². The van der Waals surface area contributed by atoms with Gasteiger partial charge in [-0.05, 0) is 17.7 Å². The van der Waals surface area contributed by atoms with Crippen LogP contribution in [0.25, 0.3) is 0 Å². The second kappa shape index (κ2) is 11.4. The summed E-state index contributed by atoms with van der Waals surface area (Å²) >= 11 is 0. The maximum atomic E-state index is 13.4. The maximum absolute atomic E-state index is 13.4. The van der Waals surface area contributed by atoms with Gasteiger partial charge >= 0.3 is 6.09 Å². The van der Waals surface area contributed by atoms with Crippen LogP contribution in [0.3, 0.4) is 0 Å². The van der Waals surface area contributed by atoms with Crippen molar-refractivity contribution >= 4 is 17.8 Å². The van der Waals surface area contributed by atoms with Crippen molar-refractivity contribution in [2.45, 2.75) is 32.4 Å². The molecule has 28 heavy (non-hydrogen) atoms. The first-order chi connectivity index (χ1) is 13.5. The summed E-state index contributed by atoms with van der Waals surface area (Å²) in [7, 11) is 0. The Labute approximate surface area is 162 Å². The largest absolute Gasteiger partial charge is 0.445 e. The summed E-state index contributed by atoms with van der Waals surface area (Å²) in [6.45, 7) is 0.249. The first-order valence-electron chi connectivity index (χ1n) is 8.87. The van der Waals surface area contributed by atoms with E-state index in [0.29, 0.717) is 0 Å². The summed E-state index contributed by atoms with van der Waals surface area (Å²) in [5.74, 6) is -1.03. The Morgan fingerprint density at radius 2 is 1.75 bits per heavy atom. The minimum atomic E-state index is -0.605. The number of benzene rings is 1. The third-order valence-corrected chi connectivity index (χ3v) is 3.80. The molecule has 0 aliphatic heterocycles. The van der Waals surface area contributed by atoms with Crippen LogP contribution in [0.5, 0.6) is 0 Å². The topological polar surface area (TPSA) is 97.4 Å². The van der Waals surface area contributed by atoms with E-state index in [1.165, 1.54) is 18.3 Å². The zero-order chi connectivity index (χ0) is 20.2. The van der Waals surface area contributed by atoms with Crippen molar-refractivity contribution in [2.24, 2.45) is 0 Å². The molecule has 0 spiro atoms. The van der Waals surface area contributed by atoms with Gasteiger partial charge in [0.25, 0.3) is 0 Å². The number of carbonyl (C=O) groups excluding carboxylic acids is 3. The monoisotopic (exact) mass is 387 g/mol. The molecule has 1 aromatic heterocycles. The number of alkyl carbamates (subject to hydrolysis) is 1. The molecule has 0 bridgehead atoms. The fraction of sp³-hybridized carbons (Fsp3) is 0.300. The summed E-state index contributed by atoms with van der Waals surface area (Å²) in [5, 5.41) is 5.01. The number of nitrogens with zero attached hydrogens (tertiary/aromatic N) is 1. The lowest BCUT2D eigenvalue weighted by Gasteiger charge is -2.07. The van der Waals surface area contributed by atoms with Crippen molar-refractivity contribution in [1.82, 2.24) is 15.6 Å². The van der Waals surface area contributed by atoms with Gasteiger partial charge in [-0.25, -0.2) is 9.18 Å². The first-order valence-corrected chi connectivity index (χ1v) is 8.87. The van der Waals surface area contributed by atoms with E-state index in [9.17, 15) is 18.8 Å². The fourth-order valence-electron chi connectivity index (χ4n) is 2.28. The van der Waals surface area contributed by atoms with E-state index in [1.807, 2.05) is 30.3 Å². The highest BCUT2D eigenvalue weighted by molar-refractivity contribution is 5.85. The summed E-state index contributed by atoms with van der Waals surface area (Å²) in [6.07, 6.45) is 0.962. The zero-order valence-electron chi connectivity index (χ0n) is 15.3. The van der Waals surface area contributed by atoms with Gasteiger partial charge in [0.2, 0.25) is 5.91 Å². The molecule has 2 N–H and O–H groups in total. The molecule has 7 nitrogen and oxygen atoms in total. The number of Topliss-reactive ketones (excluding diaryl/α,β-unsaturated/α-hetero) is 1. The first kappa shape index (κ1) is 21.0. The van der Waals surface area contributed by atoms with E-state index < -0.39 is 11.9 Å². The predicted molar refractivity (Wildman–Crippen MR) is 99.5 cm³/mol. The molecule has 2 rings (SSSR count). The Balaban J connectivity index is 1.55. The lowest BCUT2D eigenvalue weighted by Crippen LogP contribution is -2.27. The van der Waals surface area contributed by atoms with Gasteiger partial charge in [-0.1, -0.05) is 30.3 Å². The molecular formula is C20H22FN3O4. The number of hydrogen-bond donors (Lipinski definition) is 2. The quantitative estimate of drug-likeness (QED) is 0.653. The number of hydrogen-bond acceptors (Lipinski definition) is 5. The number of ether oxygens (including phenoxy) is 1. The van der Waals surface area contributed by atoms with E-state index in [1.54, 1.807) is 0 Å². The lowest BCUT2D eigenvalue weighted by molar-refractivity contribution is -0.125. The molecule has 0 saturated heterocycles. The molecule has 148 valence electrons. The minimum Gasteiger partial charge on any atom is -0.445 e. The van der Waals surface area contributed by atoms with Crippen LogP contribution in [0, 0.1) is 5.82 Å². The van der Waals surface area contributed by atoms with Crippen LogP contribution < -0.4 is 10.6 Å². The van der Waals surface area contributed by atoms with E-state index >= 15 is 0 Å². The number of rotatable bonds is 10. The lowest BCUT2D eigenvalue weighted by atomic mass is 10.1. The number of carbonyl (C=O) groups is 3. The molecule has 1 aromatic carbocycles. The van der Waals surface area contributed by atoms with Crippen molar-refractivity contribution in [1.29, 1.82) is 0 Å². The maximum Gasteiger partial charge on any atom is 0.407 e. The highest BCUT2D eigenvalue weighted by atomic mass is 19.1. The standard InChI is InChI=1S/C20H22FN3O4/c21-17-7-4-11-22-18(17)13-24-19(26)9-8-16(25)10-12-23-20(27)28-14-15-5-2-1-3-6-15/h1-7,11H,8-10,12-14H2,(H,23,27)(H,24,26). The summed E-state index contributed by atoms with van der Waals surface area (Å²) in [4.78, 5) is 38.9. The van der Waals surface area contributed by atoms with Crippen LogP contribution >= 0.6 is 0 Å². The third-order valence-electron chi connectivity index (χ3n) is 3.80. The highest BCUT2D eigenvalue weighted by Crippen LogP contribution is 2.03. The summed E-state index contributed by atoms with van der Waals surface area (Å²) < 4.78 is 18.4. The molecular weight excluding hydrogens is 365 g/mol. The minimum absolute atomic E-state index is 0.00819. The van der Waals surface area contributed by atoms with Crippen molar-refractivity contribution < 1.29 is 23.5 Å². The van der Waals surface area contributed by atoms with Crippen LogP contribution in [0.15, 0.2) is 48.7 Å². The SMILES string of the molecule is O=C(CCNC(=O)OCc1ccccc1)CCC(=O)NCc1ncccc1F. The molecule has 0 saturated carbocycles. The second-order valence-electron chi connectivity index (χ2n) is 5.99. The highest BCUT2D eigenvalue weighted by Gasteiger charge is 2.10. The molecule has 0 radical (unpaired) electrons. The van der Waals surface area contributed by atoms with Gasteiger partial charge in [-0.3, -0.25) is 14.6 Å². The third kappa shape index (κ3) is 7.94. The Bertz CT molecular complexity index is 799. The molecule has 0 atom stereocenters. The smallest absolute Gasteiger partial charge is 0.407 e. The number of amides is 2. The van der Waals surface area contributed by atoms with Crippen LogP contribution in [-0.2, 0) is 27.5 Å². The van der Waals surface area contributed by atoms with Gasteiger partial charge < -0.3 is 15.4 Å². The molecule has 0 aliphatic carbocycles. The molecule has 2 amide bonds. The van der Waals surface area contributed by atoms with Gasteiger partial charge in [0.1, 0.15) is 18.2 Å². The van der Waals surface area contributed by atoms with Crippen LogP contribution in [0.1, 0.15) is 30.5 Å². The predicted octanol–water partition coefficient (Wildman–Crippen LogP) is 2.50. The van der Waals surface area contributed by atoms with Crippen molar-refractivity contribution in [2.75, 3.05) is 6.54 Å². The van der Waals surface area contributed by atoms with Gasteiger partial charge in [-0.2, -0.15) is 0 Å². The van der Waals surface area contributed by atoms with Gasteiger partial charge in [0.05, 0.1) is 12.2 Å².